The van der Waals surface area contributed by atoms with Crippen LogP contribution in [0.15, 0.2) is 63.0 Å². The number of benzene rings is 2. The molecule has 0 saturated heterocycles. The number of aromatic carboxylic acids is 1. The summed E-state index contributed by atoms with van der Waals surface area (Å²) in [5.41, 5.74) is 8.74. The standard InChI is InChI=1S/C32H27N7O7/c33-25-26(28(41)27(25)40)38-8-7-16-2-1-15(9-19(16)14-38)12-34-29(42)22-11-23(39-24(36-22)13-35-32(39)46)30(43)37-21-6-4-17-10-18(31(44)45)3-5-20(17)21/h1-3,5,9-11,13,21H,4,6-8,12,14,33H2,(H,34,42)(H,35,46)(H,37,43)(H,44,45)/t21-/m0/s1. The van der Waals surface area contributed by atoms with Gasteiger partial charge in [0, 0.05) is 25.8 Å². The zero-order chi connectivity index (χ0) is 32.3. The van der Waals surface area contributed by atoms with Gasteiger partial charge in [0.15, 0.2) is 5.65 Å². The van der Waals surface area contributed by atoms with E-state index in [0.29, 0.717) is 32.4 Å². The van der Waals surface area contributed by atoms with Gasteiger partial charge in [0.25, 0.3) is 22.7 Å². The molecule has 0 radical (unpaired) electrons. The van der Waals surface area contributed by atoms with E-state index < -0.39 is 40.4 Å². The zero-order valence-corrected chi connectivity index (χ0v) is 24.3. The first-order valence-electron chi connectivity index (χ1n) is 14.6. The smallest absolute Gasteiger partial charge is 0.335 e. The molecule has 6 N–H and O–H groups in total. The van der Waals surface area contributed by atoms with Crippen molar-refractivity contribution in [3.63, 3.8) is 0 Å². The van der Waals surface area contributed by atoms with Gasteiger partial charge in [0.2, 0.25) is 0 Å². The van der Waals surface area contributed by atoms with E-state index in [4.69, 9.17) is 5.73 Å². The van der Waals surface area contributed by atoms with Crippen molar-refractivity contribution >= 4 is 34.8 Å². The number of H-pyrrole nitrogens is 1. The molecule has 3 heterocycles. The molecule has 0 bridgehead atoms. The number of nitrogens with two attached hydrogens (primary N) is 1. The molecule has 0 saturated carbocycles. The van der Waals surface area contributed by atoms with Crippen LogP contribution in [0.2, 0.25) is 0 Å². The second-order valence-electron chi connectivity index (χ2n) is 11.5. The molecule has 0 spiro atoms. The minimum absolute atomic E-state index is 0.0125. The number of carbonyl (C=O) groups excluding carboxylic acids is 2. The van der Waals surface area contributed by atoms with Gasteiger partial charge in [0.1, 0.15) is 22.8 Å². The van der Waals surface area contributed by atoms with E-state index >= 15 is 0 Å². The Bertz CT molecular complexity index is 2240. The molecule has 1 aliphatic carbocycles. The maximum absolute atomic E-state index is 13.5. The summed E-state index contributed by atoms with van der Waals surface area (Å²) in [5.74, 6) is -2.19. The molecule has 46 heavy (non-hydrogen) atoms. The Labute approximate surface area is 259 Å². The Balaban J connectivity index is 1.08. The number of nitrogens with zero attached hydrogens (tertiary/aromatic N) is 3. The molecule has 1 aliphatic heterocycles. The number of rotatable bonds is 7. The number of aromatic nitrogens is 3. The fourth-order valence-electron chi connectivity index (χ4n) is 6.34. The number of anilines is 2. The molecule has 14 heteroatoms. The maximum atomic E-state index is 13.5. The van der Waals surface area contributed by atoms with Gasteiger partial charge in [-0.15, -0.1) is 0 Å². The molecule has 7 rings (SSSR count). The summed E-state index contributed by atoms with van der Waals surface area (Å²) >= 11 is 0. The minimum Gasteiger partial charge on any atom is -0.478 e. The van der Waals surface area contributed by atoms with Crippen LogP contribution in [-0.2, 0) is 25.9 Å². The molecule has 232 valence electrons. The largest absolute Gasteiger partial charge is 0.478 e. The lowest BCUT2D eigenvalue weighted by Crippen LogP contribution is -2.44. The number of carbonyl (C=O) groups is 3. The van der Waals surface area contributed by atoms with Crippen molar-refractivity contribution in [2.45, 2.75) is 38.4 Å². The van der Waals surface area contributed by atoms with Crippen molar-refractivity contribution < 1.29 is 19.5 Å². The topological polar surface area (TPSA) is 209 Å². The number of imidazole rings is 1. The van der Waals surface area contributed by atoms with Crippen molar-refractivity contribution in [3.05, 3.63) is 124 Å². The van der Waals surface area contributed by atoms with Crippen LogP contribution in [0.25, 0.3) is 5.65 Å². The summed E-state index contributed by atoms with van der Waals surface area (Å²) in [6.45, 7) is 1.10. The van der Waals surface area contributed by atoms with Gasteiger partial charge < -0.3 is 31.4 Å². The predicted molar refractivity (Wildman–Crippen MR) is 166 cm³/mol. The van der Waals surface area contributed by atoms with Gasteiger partial charge in [-0.1, -0.05) is 24.3 Å². The van der Waals surface area contributed by atoms with Crippen molar-refractivity contribution in [2.24, 2.45) is 0 Å². The van der Waals surface area contributed by atoms with Gasteiger partial charge in [-0.3, -0.25) is 19.2 Å². The monoisotopic (exact) mass is 621 g/mol. The van der Waals surface area contributed by atoms with Gasteiger partial charge in [-0.05, 0) is 65.3 Å². The van der Waals surface area contributed by atoms with Gasteiger partial charge in [-0.2, -0.15) is 0 Å². The second kappa shape index (κ2) is 10.8. The summed E-state index contributed by atoms with van der Waals surface area (Å²) in [6.07, 6.45) is 3.11. The molecule has 1 atom stereocenters. The van der Waals surface area contributed by atoms with Crippen molar-refractivity contribution in [2.75, 3.05) is 17.2 Å². The summed E-state index contributed by atoms with van der Waals surface area (Å²) in [5, 5.41) is 15.0. The molecule has 3 aromatic carbocycles. The summed E-state index contributed by atoms with van der Waals surface area (Å²) in [7, 11) is 0. The first-order chi connectivity index (χ1) is 22.1. The number of carboxylic acids is 1. The lowest BCUT2D eigenvalue weighted by atomic mass is 9.96. The molecular weight excluding hydrogens is 594 g/mol. The van der Waals surface area contributed by atoms with E-state index in [-0.39, 0.29) is 40.5 Å². The molecule has 2 aromatic heterocycles. The first kappa shape index (κ1) is 28.7. The number of hydrogen-bond acceptors (Lipinski definition) is 9. The maximum Gasteiger partial charge on any atom is 0.335 e. The number of hydrogen-bond donors (Lipinski definition) is 5. The minimum atomic E-state index is -1.03. The normalized spacial score (nSPS) is 15.5. The first-order valence-corrected chi connectivity index (χ1v) is 14.6. The molecular formula is C32H27N7O7. The van der Waals surface area contributed by atoms with Crippen LogP contribution in [-0.4, -0.2) is 43.8 Å². The number of nitrogen functional groups attached to an aromatic ring is 1. The summed E-state index contributed by atoms with van der Waals surface area (Å²) in [6, 6.07) is 11.4. The lowest BCUT2D eigenvalue weighted by molar-refractivity contribution is 0.0696. The Morgan fingerprint density at radius 2 is 1.80 bits per heavy atom. The number of aromatic amines is 1. The molecule has 0 fully saturated rings. The van der Waals surface area contributed by atoms with Crippen LogP contribution in [0.4, 0.5) is 11.4 Å². The Kier molecular flexibility index (Phi) is 6.76. The van der Waals surface area contributed by atoms with Gasteiger partial charge in [-0.25, -0.2) is 19.0 Å². The van der Waals surface area contributed by atoms with E-state index in [0.717, 1.165) is 32.2 Å². The molecule has 2 amide bonds. The highest BCUT2D eigenvalue weighted by molar-refractivity contribution is 5.98. The third-order valence-electron chi connectivity index (χ3n) is 8.72. The second-order valence-corrected chi connectivity index (χ2v) is 11.5. The average molecular weight is 622 g/mol. The number of fused-ring (bicyclic) bond motifs is 3. The van der Waals surface area contributed by atoms with E-state index in [1.54, 1.807) is 17.0 Å². The third-order valence-corrected chi connectivity index (χ3v) is 8.72. The summed E-state index contributed by atoms with van der Waals surface area (Å²) < 4.78 is 1.09. The Morgan fingerprint density at radius 1 is 0.978 bits per heavy atom. The Morgan fingerprint density at radius 3 is 2.59 bits per heavy atom. The number of nitrogens with one attached hydrogen (secondary N) is 3. The van der Waals surface area contributed by atoms with E-state index in [9.17, 15) is 33.9 Å². The highest BCUT2D eigenvalue weighted by Crippen LogP contribution is 2.32. The summed E-state index contributed by atoms with van der Waals surface area (Å²) in [4.78, 5) is 82.9. The number of carboxylic acid groups (broad SMARTS) is 1. The van der Waals surface area contributed by atoms with Crippen molar-refractivity contribution in [1.82, 2.24) is 25.0 Å². The third kappa shape index (κ3) is 4.80. The van der Waals surface area contributed by atoms with Crippen LogP contribution >= 0.6 is 0 Å². The van der Waals surface area contributed by atoms with Crippen LogP contribution in [0.3, 0.4) is 0 Å². The van der Waals surface area contributed by atoms with E-state index in [1.807, 2.05) is 18.2 Å². The van der Waals surface area contributed by atoms with Gasteiger partial charge in [0.05, 0.1) is 11.6 Å². The van der Waals surface area contributed by atoms with Crippen LogP contribution < -0.4 is 37.8 Å². The highest BCUT2D eigenvalue weighted by Gasteiger charge is 2.28. The number of aryl methyl sites for hydroxylation is 1. The van der Waals surface area contributed by atoms with E-state index in [1.165, 1.54) is 18.3 Å². The molecule has 2 aliphatic rings. The van der Waals surface area contributed by atoms with Crippen LogP contribution in [0.5, 0.6) is 0 Å². The molecule has 5 aromatic rings. The molecule has 0 unspecified atom stereocenters. The molecule has 14 nitrogen and oxygen atoms in total. The quantitative estimate of drug-likeness (QED) is 0.162. The SMILES string of the molecule is Nc1c(N2CCc3ccc(CNC(=O)c4cc(C(=O)N[C@H]5CCc6cc(C(=O)O)ccc65)n5c(=O)[nH]cc5n4)cc3C2)c(=O)c1=O. The predicted octanol–water partition coefficient (Wildman–Crippen LogP) is 0.809. The average Bonchev–Trinajstić information content (AvgIpc) is 3.65. The van der Waals surface area contributed by atoms with Crippen LogP contribution in [0.1, 0.15) is 71.6 Å². The fraction of sp³-hybridized carbons (Fsp3) is 0.219. The van der Waals surface area contributed by atoms with Crippen LogP contribution in [0, 0.1) is 0 Å². The fourth-order valence-corrected chi connectivity index (χ4v) is 6.34. The van der Waals surface area contributed by atoms with Crippen molar-refractivity contribution in [3.8, 4) is 0 Å². The van der Waals surface area contributed by atoms with Crippen molar-refractivity contribution in [1.29, 1.82) is 0 Å². The van der Waals surface area contributed by atoms with E-state index in [2.05, 4.69) is 20.6 Å². The van der Waals surface area contributed by atoms with Gasteiger partial charge >= 0.3 is 11.7 Å². The Hall–Kier alpha value is -6.05. The number of amides is 2. The highest BCUT2D eigenvalue weighted by atomic mass is 16.4. The lowest BCUT2D eigenvalue weighted by Gasteiger charge is -2.32. The zero-order valence-electron chi connectivity index (χ0n) is 24.3.